The Morgan fingerprint density at radius 3 is 2.77 bits per heavy atom. The lowest BCUT2D eigenvalue weighted by Crippen LogP contribution is -2.42. The van der Waals surface area contributed by atoms with Crippen molar-refractivity contribution in [1.82, 2.24) is 24.5 Å². The smallest absolute Gasteiger partial charge is 0.254 e. The van der Waals surface area contributed by atoms with E-state index in [4.69, 9.17) is 4.74 Å². The van der Waals surface area contributed by atoms with Crippen LogP contribution in [0.1, 0.15) is 34.6 Å². The van der Waals surface area contributed by atoms with Crippen LogP contribution in [0.4, 0.5) is 0 Å². The van der Waals surface area contributed by atoms with E-state index in [1.807, 2.05) is 30.9 Å². The molecule has 5 rings (SSSR count). The number of aliphatic hydroxyl groups excluding tert-OH is 1. The highest BCUT2D eigenvalue weighted by Gasteiger charge is 2.44. The summed E-state index contributed by atoms with van der Waals surface area (Å²) < 4.78 is 7.79. The molecule has 2 fully saturated rings. The van der Waals surface area contributed by atoms with Gasteiger partial charge >= 0.3 is 0 Å². The van der Waals surface area contributed by atoms with Gasteiger partial charge in [-0.15, -0.1) is 0 Å². The Kier molecular flexibility index (Phi) is 4.66. The number of hydrogen-bond acceptors (Lipinski definition) is 6. The summed E-state index contributed by atoms with van der Waals surface area (Å²) in [5, 5.41) is 14.8. The number of aliphatic hydroxyl groups is 1. The van der Waals surface area contributed by atoms with Crippen molar-refractivity contribution in [2.75, 3.05) is 13.1 Å². The molecule has 3 aromatic rings. The quantitative estimate of drug-likeness (QED) is 0.714. The number of rotatable bonds is 3. The monoisotopic (exact) mass is 407 g/mol. The van der Waals surface area contributed by atoms with E-state index in [9.17, 15) is 9.90 Å². The zero-order chi connectivity index (χ0) is 20.8. The number of likely N-dealkylation sites (tertiary alicyclic amines) is 1. The van der Waals surface area contributed by atoms with Gasteiger partial charge in [0.2, 0.25) is 0 Å². The number of pyridine rings is 2. The Hall–Kier alpha value is -3.00. The predicted molar refractivity (Wildman–Crippen MR) is 109 cm³/mol. The predicted octanol–water partition coefficient (Wildman–Crippen LogP) is 2.03. The molecule has 30 heavy (non-hydrogen) atoms. The summed E-state index contributed by atoms with van der Waals surface area (Å²) in [4.78, 5) is 23.6. The first-order chi connectivity index (χ1) is 14.5. The molecule has 1 amide bonds. The van der Waals surface area contributed by atoms with Gasteiger partial charge in [-0.25, -0.2) is 9.50 Å². The van der Waals surface area contributed by atoms with Crippen LogP contribution >= 0.6 is 0 Å². The summed E-state index contributed by atoms with van der Waals surface area (Å²) in [6, 6.07) is 7.38. The van der Waals surface area contributed by atoms with Gasteiger partial charge < -0.3 is 14.7 Å². The topological polar surface area (TPSA) is 92.9 Å². The average Bonchev–Trinajstić information content (AvgIpc) is 3.35. The van der Waals surface area contributed by atoms with Crippen molar-refractivity contribution in [2.45, 2.75) is 38.9 Å². The first-order valence-electron chi connectivity index (χ1n) is 10.4. The minimum Gasteiger partial charge on any atom is -0.486 e. The second-order valence-electron chi connectivity index (χ2n) is 8.44. The molecule has 1 aliphatic carbocycles. The summed E-state index contributed by atoms with van der Waals surface area (Å²) in [6.07, 6.45) is 3.77. The van der Waals surface area contributed by atoms with Crippen LogP contribution in [0, 0.1) is 25.7 Å². The lowest BCUT2D eigenvalue weighted by molar-refractivity contribution is -0.0236. The highest BCUT2D eigenvalue weighted by Crippen LogP contribution is 2.38. The van der Waals surface area contributed by atoms with E-state index >= 15 is 0 Å². The van der Waals surface area contributed by atoms with Crippen molar-refractivity contribution in [3.8, 4) is 5.75 Å². The summed E-state index contributed by atoms with van der Waals surface area (Å²) in [6.45, 7) is 5.21. The summed E-state index contributed by atoms with van der Waals surface area (Å²) in [7, 11) is 0. The molecule has 1 saturated carbocycles. The molecule has 8 nitrogen and oxygen atoms in total. The molecule has 2 aliphatic rings. The van der Waals surface area contributed by atoms with Crippen molar-refractivity contribution in [1.29, 1.82) is 0 Å². The molecule has 0 spiro atoms. The Morgan fingerprint density at radius 1 is 1.17 bits per heavy atom. The molecule has 4 heterocycles. The Morgan fingerprint density at radius 2 is 1.97 bits per heavy atom. The number of fused-ring (bicyclic) bond motifs is 2. The maximum absolute atomic E-state index is 13.1. The fourth-order valence-electron chi connectivity index (χ4n) is 4.78. The van der Waals surface area contributed by atoms with Crippen molar-refractivity contribution in [3.05, 3.63) is 53.7 Å². The highest BCUT2D eigenvalue weighted by atomic mass is 16.5. The van der Waals surface area contributed by atoms with Gasteiger partial charge in [0.15, 0.2) is 5.65 Å². The number of aromatic nitrogens is 4. The SMILES string of the molecule is Cc1ccc(O[C@@H]2C[C@@H]3CN(C(=O)c4ccn5ncnc5c4)C[C@@H]3C[C@H]2O)c(C)n1. The van der Waals surface area contributed by atoms with Crippen molar-refractivity contribution in [2.24, 2.45) is 11.8 Å². The lowest BCUT2D eigenvalue weighted by Gasteiger charge is -2.35. The van der Waals surface area contributed by atoms with Crippen LogP contribution in [0.3, 0.4) is 0 Å². The molecule has 1 aliphatic heterocycles. The fraction of sp³-hybridized carbons (Fsp3) is 0.455. The van der Waals surface area contributed by atoms with Gasteiger partial charge in [-0.3, -0.25) is 9.78 Å². The maximum atomic E-state index is 13.1. The number of carbonyl (C=O) groups is 1. The normalized spacial score (nSPS) is 26.0. The molecule has 0 aromatic carbocycles. The van der Waals surface area contributed by atoms with Crippen molar-refractivity contribution >= 4 is 11.6 Å². The van der Waals surface area contributed by atoms with E-state index < -0.39 is 6.10 Å². The standard InChI is InChI=1S/C22H25N5O3/c1-13-3-4-19(14(2)25-13)30-20-8-17-11-26(10-16(17)7-18(20)28)22(29)15-5-6-27-21(9-15)23-12-24-27/h3-6,9,12,16-18,20,28H,7-8,10-11H2,1-2H3/t16-,17+,18+,20+/m0/s1. The minimum absolute atomic E-state index is 0.000405. The third kappa shape index (κ3) is 3.41. The Labute approximate surface area is 174 Å². The van der Waals surface area contributed by atoms with Gasteiger partial charge in [0, 0.05) is 30.5 Å². The molecule has 156 valence electrons. The minimum atomic E-state index is -0.547. The molecule has 0 unspecified atom stereocenters. The third-order valence-electron chi connectivity index (χ3n) is 6.35. The van der Waals surface area contributed by atoms with E-state index in [1.54, 1.807) is 22.8 Å². The van der Waals surface area contributed by atoms with Gasteiger partial charge in [0.05, 0.1) is 11.8 Å². The maximum Gasteiger partial charge on any atom is 0.254 e. The average molecular weight is 407 g/mol. The van der Waals surface area contributed by atoms with Crippen LogP contribution in [0.2, 0.25) is 0 Å². The molecule has 3 aromatic heterocycles. The van der Waals surface area contributed by atoms with Gasteiger partial charge in [-0.1, -0.05) is 0 Å². The van der Waals surface area contributed by atoms with E-state index in [-0.39, 0.29) is 17.9 Å². The molecule has 8 heteroatoms. The zero-order valence-corrected chi connectivity index (χ0v) is 17.1. The van der Waals surface area contributed by atoms with Gasteiger partial charge in [0.25, 0.3) is 5.91 Å². The second kappa shape index (κ2) is 7.36. The summed E-state index contributed by atoms with van der Waals surface area (Å²) >= 11 is 0. The first kappa shape index (κ1) is 19.0. The molecular formula is C22H25N5O3. The molecule has 4 atom stereocenters. The molecule has 1 N–H and O–H groups in total. The van der Waals surface area contributed by atoms with Gasteiger partial charge in [-0.05, 0) is 62.8 Å². The van der Waals surface area contributed by atoms with E-state index in [0.717, 1.165) is 23.6 Å². The molecule has 0 bridgehead atoms. The number of aryl methyl sites for hydroxylation is 2. The number of amides is 1. The zero-order valence-electron chi connectivity index (χ0n) is 17.1. The van der Waals surface area contributed by atoms with E-state index in [0.29, 0.717) is 36.6 Å². The summed E-state index contributed by atoms with van der Waals surface area (Å²) in [5.74, 6) is 1.33. The van der Waals surface area contributed by atoms with Crippen molar-refractivity contribution < 1.29 is 14.6 Å². The molecular weight excluding hydrogens is 382 g/mol. The van der Waals surface area contributed by atoms with E-state index in [2.05, 4.69) is 15.1 Å². The number of nitrogens with zero attached hydrogens (tertiary/aromatic N) is 5. The van der Waals surface area contributed by atoms with Crippen molar-refractivity contribution in [3.63, 3.8) is 0 Å². The highest BCUT2D eigenvalue weighted by molar-refractivity contribution is 5.95. The lowest BCUT2D eigenvalue weighted by atomic mass is 9.78. The van der Waals surface area contributed by atoms with E-state index in [1.165, 1.54) is 6.33 Å². The fourth-order valence-corrected chi connectivity index (χ4v) is 4.78. The second-order valence-corrected chi connectivity index (χ2v) is 8.44. The number of hydrogen-bond donors (Lipinski definition) is 1. The molecule has 1 saturated heterocycles. The van der Waals surface area contributed by atoms with Gasteiger partial charge in [-0.2, -0.15) is 5.10 Å². The number of carbonyl (C=O) groups excluding carboxylic acids is 1. The van der Waals surface area contributed by atoms with Crippen LogP contribution in [-0.2, 0) is 0 Å². The van der Waals surface area contributed by atoms with Gasteiger partial charge in [0.1, 0.15) is 18.2 Å². The van der Waals surface area contributed by atoms with Crippen LogP contribution in [-0.4, -0.2) is 60.8 Å². The Bertz CT molecular complexity index is 1100. The largest absolute Gasteiger partial charge is 0.486 e. The number of ether oxygens (including phenoxy) is 1. The third-order valence-corrected chi connectivity index (χ3v) is 6.35. The van der Waals surface area contributed by atoms with Crippen LogP contribution in [0.15, 0.2) is 36.8 Å². The Balaban J connectivity index is 1.28. The summed E-state index contributed by atoms with van der Waals surface area (Å²) in [5.41, 5.74) is 3.04. The van der Waals surface area contributed by atoms with Crippen LogP contribution in [0.25, 0.3) is 5.65 Å². The van der Waals surface area contributed by atoms with Crippen LogP contribution in [0.5, 0.6) is 5.75 Å². The molecule has 0 radical (unpaired) electrons. The van der Waals surface area contributed by atoms with Crippen LogP contribution < -0.4 is 4.74 Å². The first-order valence-corrected chi connectivity index (χ1v) is 10.4.